The molecular formula is C16H17BrFN. The van der Waals surface area contributed by atoms with E-state index in [-0.39, 0.29) is 5.82 Å². The van der Waals surface area contributed by atoms with Crippen molar-refractivity contribution < 1.29 is 4.39 Å². The smallest absolute Gasteiger partial charge is 0.123 e. The van der Waals surface area contributed by atoms with Crippen LogP contribution in [0.25, 0.3) is 0 Å². The van der Waals surface area contributed by atoms with Gasteiger partial charge in [-0.25, -0.2) is 4.39 Å². The molecule has 2 aromatic carbocycles. The van der Waals surface area contributed by atoms with Gasteiger partial charge in [0, 0.05) is 16.9 Å². The predicted octanol–water partition coefficient (Wildman–Crippen LogP) is 4.13. The molecule has 19 heavy (non-hydrogen) atoms. The van der Waals surface area contributed by atoms with Crippen LogP contribution in [0.4, 0.5) is 4.39 Å². The van der Waals surface area contributed by atoms with Gasteiger partial charge in [0.25, 0.3) is 0 Å². The SMILES string of the molecule is CNCC(Cc1cc(F)ccc1Br)c1ccccc1. The molecule has 0 radical (unpaired) electrons. The Morgan fingerprint density at radius 2 is 1.89 bits per heavy atom. The molecule has 1 unspecified atom stereocenters. The van der Waals surface area contributed by atoms with Crippen LogP contribution in [0.15, 0.2) is 53.0 Å². The maximum atomic E-state index is 13.3. The van der Waals surface area contributed by atoms with Crippen molar-refractivity contribution in [2.75, 3.05) is 13.6 Å². The second-order valence-corrected chi connectivity index (χ2v) is 5.46. The zero-order valence-electron chi connectivity index (χ0n) is 10.9. The van der Waals surface area contributed by atoms with Gasteiger partial charge in [-0.15, -0.1) is 0 Å². The monoisotopic (exact) mass is 321 g/mol. The topological polar surface area (TPSA) is 12.0 Å². The van der Waals surface area contributed by atoms with Gasteiger partial charge < -0.3 is 5.32 Å². The van der Waals surface area contributed by atoms with Crippen LogP contribution in [0.5, 0.6) is 0 Å². The van der Waals surface area contributed by atoms with Gasteiger partial charge in [-0.3, -0.25) is 0 Å². The number of halogens is 2. The second kappa shape index (κ2) is 6.83. The number of rotatable bonds is 5. The molecule has 0 amide bonds. The number of hydrogen-bond donors (Lipinski definition) is 1. The first-order valence-corrected chi connectivity index (χ1v) is 7.13. The van der Waals surface area contributed by atoms with Gasteiger partial charge in [-0.1, -0.05) is 46.3 Å². The second-order valence-electron chi connectivity index (χ2n) is 4.61. The molecular weight excluding hydrogens is 305 g/mol. The van der Waals surface area contributed by atoms with E-state index in [0.29, 0.717) is 5.92 Å². The van der Waals surface area contributed by atoms with Gasteiger partial charge in [0.1, 0.15) is 5.82 Å². The van der Waals surface area contributed by atoms with Crippen LogP contribution in [-0.2, 0) is 6.42 Å². The van der Waals surface area contributed by atoms with Gasteiger partial charge in [0.15, 0.2) is 0 Å². The highest BCUT2D eigenvalue weighted by atomic mass is 79.9. The normalized spacial score (nSPS) is 12.4. The van der Waals surface area contributed by atoms with E-state index in [4.69, 9.17) is 0 Å². The van der Waals surface area contributed by atoms with Gasteiger partial charge in [-0.2, -0.15) is 0 Å². The molecule has 0 aliphatic rings. The number of benzene rings is 2. The molecule has 1 N–H and O–H groups in total. The molecule has 0 heterocycles. The molecule has 1 nitrogen and oxygen atoms in total. The molecule has 0 aliphatic carbocycles. The molecule has 2 aromatic rings. The summed E-state index contributed by atoms with van der Waals surface area (Å²) in [6.45, 7) is 0.868. The maximum absolute atomic E-state index is 13.3. The third kappa shape index (κ3) is 3.88. The summed E-state index contributed by atoms with van der Waals surface area (Å²) in [7, 11) is 1.94. The fourth-order valence-corrected chi connectivity index (χ4v) is 2.65. The summed E-state index contributed by atoms with van der Waals surface area (Å²) in [5.41, 5.74) is 2.28. The van der Waals surface area contributed by atoms with Crippen LogP contribution < -0.4 is 5.32 Å². The summed E-state index contributed by atoms with van der Waals surface area (Å²) in [6, 6.07) is 15.2. The first-order chi connectivity index (χ1) is 9.20. The molecule has 3 heteroatoms. The van der Waals surface area contributed by atoms with Crippen molar-refractivity contribution in [1.82, 2.24) is 5.32 Å². The Bertz CT molecular complexity index is 528. The van der Waals surface area contributed by atoms with Crippen molar-refractivity contribution in [2.45, 2.75) is 12.3 Å². The average Bonchev–Trinajstić information content (AvgIpc) is 2.43. The minimum atomic E-state index is -0.186. The standard InChI is InChI=1S/C16H17BrFN/c1-19-11-14(12-5-3-2-4-6-12)9-13-10-15(18)7-8-16(13)17/h2-8,10,14,19H,9,11H2,1H3. The largest absolute Gasteiger partial charge is 0.319 e. The van der Waals surface area contributed by atoms with Crippen molar-refractivity contribution in [3.63, 3.8) is 0 Å². The van der Waals surface area contributed by atoms with Crippen molar-refractivity contribution >= 4 is 15.9 Å². The fraction of sp³-hybridized carbons (Fsp3) is 0.250. The molecule has 100 valence electrons. The molecule has 0 spiro atoms. The summed E-state index contributed by atoms with van der Waals surface area (Å²) in [5.74, 6) is 0.152. The van der Waals surface area contributed by atoms with Crippen molar-refractivity contribution in [1.29, 1.82) is 0 Å². The summed E-state index contributed by atoms with van der Waals surface area (Å²) in [6.07, 6.45) is 0.809. The van der Waals surface area contributed by atoms with Gasteiger partial charge in [0.2, 0.25) is 0 Å². The molecule has 0 saturated heterocycles. The predicted molar refractivity (Wildman–Crippen MR) is 80.9 cm³/mol. The Morgan fingerprint density at radius 1 is 1.16 bits per heavy atom. The van der Waals surface area contributed by atoms with E-state index in [1.165, 1.54) is 11.6 Å². The molecule has 0 fully saturated rings. The van der Waals surface area contributed by atoms with Crippen LogP contribution in [0.2, 0.25) is 0 Å². The lowest BCUT2D eigenvalue weighted by Gasteiger charge is -2.18. The van der Waals surface area contributed by atoms with Crippen LogP contribution in [0, 0.1) is 5.82 Å². The highest BCUT2D eigenvalue weighted by molar-refractivity contribution is 9.10. The molecule has 0 aliphatic heterocycles. The first-order valence-electron chi connectivity index (χ1n) is 6.34. The lowest BCUT2D eigenvalue weighted by molar-refractivity contribution is 0.607. The highest BCUT2D eigenvalue weighted by Crippen LogP contribution is 2.25. The minimum absolute atomic E-state index is 0.186. The molecule has 1 atom stereocenters. The molecule has 0 aromatic heterocycles. The average molecular weight is 322 g/mol. The van der Waals surface area contributed by atoms with E-state index in [2.05, 4.69) is 33.4 Å². The lowest BCUT2D eigenvalue weighted by atomic mass is 9.92. The Balaban J connectivity index is 2.24. The molecule has 0 bridgehead atoms. The molecule has 2 rings (SSSR count). The Hall–Kier alpha value is -1.19. The number of nitrogens with one attached hydrogen (secondary N) is 1. The van der Waals surface area contributed by atoms with E-state index in [9.17, 15) is 4.39 Å². The van der Waals surface area contributed by atoms with Crippen LogP contribution in [-0.4, -0.2) is 13.6 Å². The maximum Gasteiger partial charge on any atom is 0.123 e. The van der Waals surface area contributed by atoms with Gasteiger partial charge >= 0.3 is 0 Å². The lowest BCUT2D eigenvalue weighted by Crippen LogP contribution is -2.19. The highest BCUT2D eigenvalue weighted by Gasteiger charge is 2.13. The zero-order valence-corrected chi connectivity index (χ0v) is 12.5. The van der Waals surface area contributed by atoms with E-state index in [1.54, 1.807) is 12.1 Å². The molecule has 0 saturated carbocycles. The quantitative estimate of drug-likeness (QED) is 0.873. The summed E-state index contributed by atoms with van der Waals surface area (Å²) in [5, 5.41) is 3.21. The van der Waals surface area contributed by atoms with E-state index in [1.807, 2.05) is 25.2 Å². The zero-order chi connectivity index (χ0) is 13.7. The summed E-state index contributed by atoms with van der Waals surface area (Å²) >= 11 is 3.50. The van der Waals surface area contributed by atoms with E-state index in [0.717, 1.165) is 23.0 Å². The minimum Gasteiger partial charge on any atom is -0.319 e. The van der Waals surface area contributed by atoms with Gasteiger partial charge in [0.05, 0.1) is 0 Å². The van der Waals surface area contributed by atoms with Crippen LogP contribution in [0.3, 0.4) is 0 Å². The Kier molecular flexibility index (Phi) is 5.11. The Morgan fingerprint density at radius 3 is 2.58 bits per heavy atom. The van der Waals surface area contributed by atoms with Gasteiger partial charge in [-0.05, 0) is 42.8 Å². The summed E-state index contributed by atoms with van der Waals surface area (Å²) < 4.78 is 14.3. The third-order valence-electron chi connectivity index (χ3n) is 3.20. The first kappa shape index (κ1) is 14.2. The summed E-state index contributed by atoms with van der Waals surface area (Å²) in [4.78, 5) is 0. The van der Waals surface area contributed by atoms with Crippen molar-refractivity contribution in [3.8, 4) is 0 Å². The number of likely N-dealkylation sites (N-methyl/N-ethyl adjacent to an activating group) is 1. The number of hydrogen-bond acceptors (Lipinski definition) is 1. The van der Waals surface area contributed by atoms with Crippen LogP contribution >= 0.6 is 15.9 Å². The van der Waals surface area contributed by atoms with Crippen molar-refractivity contribution in [3.05, 3.63) is 69.9 Å². The fourth-order valence-electron chi connectivity index (χ4n) is 2.24. The van der Waals surface area contributed by atoms with Crippen molar-refractivity contribution in [2.24, 2.45) is 0 Å². The Labute approximate surface area is 122 Å². The van der Waals surface area contributed by atoms with Crippen LogP contribution in [0.1, 0.15) is 17.0 Å². The third-order valence-corrected chi connectivity index (χ3v) is 3.97. The van der Waals surface area contributed by atoms with E-state index >= 15 is 0 Å². The van der Waals surface area contributed by atoms with E-state index < -0.39 is 0 Å².